The Balaban J connectivity index is 1.79. The quantitative estimate of drug-likeness (QED) is 0.581. The van der Waals surface area contributed by atoms with E-state index in [0.29, 0.717) is 18.3 Å². The molecule has 0 saturated carbocycles. The number of likely N-dealkylation sites (N-methyl/N-ethyl adjacent to an activating group) is 1. The molecular weight excluding hydrogens is 274 g/mol. The minimum absolute atomic E-state index is 0.173. The smallest absolute Gasteiger partial charge is 0.326 e. The first-order chi connectivity index (χ1) is 10.1. The average molecular weight is 295 g/mol. The van der Waals surface area contributed by atoms with E-state index < -0.39 is 18.0 Å². The van der Waals surface area contributed by atoms with Crippen LogP contribution in [0.4, 0.5) is 4.79 Å². The van der Waals surface area contributed by atoms with Gasteiger partial charge >= 0.3 is 12.0 Å². The lowest BCUT2D eigenvalue weighted by atomic mass is 10.1. The number of hydrogen-bond acceptors (Lipinski definition) is 4. The van der Waals surface area contributed by atoms with Crippen LogP contribution in [0.15, 0.2) is 12.5 Å². The maximum Gasteiger partial charge on any atom is 0.326 e. The second-order valence-electron chi connectivity index (χ2n) is 5.30. The molecule has 1 aromatic heterocycles. The number of hydrogen-bond donors (Lipinski definition) is 4. The van der Waals surface area contributed by atoms with Crippen molar-refractivity contribution in [2.75, 3.05) is 20.1 Å². The van der Waals surface area contributed by atoms with Crippen molar-refractivity contribution in [1.29, 1.82) is 0 Å². The molecule has 0 spiro atoms. The summed E-state index contributed by atoms with van der Waals surface area (Å²) in [6.45, 7) is 1.56. The summed E-state index contributed by atoms with van der Waals surface area (Å²) in [5, 5.41) is 14.4. The summed E-state index contributed by atoms with van der Waals surface area (Å²) in [5.74, 6) is -1.07. The third-order valence-electron chi connectivity index (χ3n) is 3.75. The van der Waals surface area contributed by atoms with E-state index in [0.717, 1.165) is 19.4 Å². The van der Waals surface area contributed by atoms with Gasteiger partial charge in [0.2, 0.25) is 0 Å². The van der Waals surface area contributed by atoms with E-state index in [1.807, 2.05) is 7.05 Å². The number of carbonyl (C=O) groups excluding carboxylic acids is 1. The fraction of sp³-hybridized carbons (Fsp3) is 0.615. The number of aromatic nitrogens is 2. The van der Waals surface area contributed by atoms with Crippen LogP contribution >= 0.6 is 0 Å². The predicted molar refractivity (Wildman–Crippen MR) is 75.9 cm³/mol. The molecule has 0 bridgehead atoms. The van der Waals surface area contributed by atoms with Crippen LogP contribution in [0.25, 0.3) is 0 Å². The molecular formula is C13H21N5O3. The second-order valence-corrected chi connectivity index (χ2v) is 5.30. The number of carbonyl (C=O) groups is 2. The van der Waals surface area contributed by atoms with Gasteiger partial charge in [0, 0.05) is 30.9 Å². The second kappa shape index (κ2) is 7.07. The molecule has 1 aliphatic heterocycles. The highest BCUT2D eigenvalue weighted by atomic mass is 16.4. The fourth-order valence-corrected chi connectivity index (χ4v) is 2.47. The van der Waals surface area contributed by atoms with Crippen molar-refractivity contribution in [3.63, 3.8) is 0 Å². The topological polar surface area (TPSA) is 110 Å². The first kappa shape index (κ1) is 15.3. The average Bonchev–Trinajstić information content (AvgIpc) is 3.07. The summed E-state index contributed by atoms with van der Waals surface area (Å²) in [6.07, 6.45) is 5.37. The molecule has 0 aromatic carbocycles. The van der Waals surface area contributed by atoms with Crippen LogP contribution in [0.3, 0.4) is 0 Å². The monoisotopic (exact) mass is 295 g/mol. The van der Waals surface area contributed by atoms with Crippen molar-refractivity contribution >= 4 is 12.0 Å². The van der Waals surface area contributed by atoms with Crippen molar-refractivity contribution in [2.45, 2.75) is 31.3 Å². The van der Waals surface area contributed by atoms with Gasteiger partial charge < -0.3 is 25.6 Å². The minimum atomic E-state index is -1.07. The zero-order valence-electron chi connectivity index (χ0n) is 12.0. The summed E-state index contributed by atoms with van der Waals surface area (Å²) >= 11 is 0. The molecule has 4 N–H and O–H groups in total. The number of aliphatic carboxylic acids is 1. The van der Waals surface area contributed by atoms with E-state index in [1.54, 1.807) is 6.20 Å². The van der Waals surface area contributed by atoms with E-state index in [9.17, 15) is 9.59 Å². The number of carboxylic acids is 1. The van der Waals surface area contributed by atoms with Gasteiger partial charge in [-0.25, -0.2) is 14.6 Å². The molecule has 21 heavy (non-hydrogen) atoms. The van der Waals surface area contributed by atoms with Crippen LogP contribution in [-0.4, -0.2) is 64.2 Å². The lowest BCUT2D eigenvalue weighted by molar-refractivity contribution is -0.139. The van der Waals surface area contributed by atoms with Gasteiger partial charge in [-0.1, -0.05) is 0 Å². The zero-order chi connectivity index (χ0) is 15.2. The largest absolute Gasteiger partial charge is 0.480 e. The highest BCUT2D eigenvalue weighted by Crippen LogP contribution is 2.13. The first-order valence-electron chi connectivity index (χ1n) is 7.01. The predicted octanol–water partition coefficient (Wildman–Crippen LogP) is -0.201. The van der Waals surface area contributed by atoms with Crippen molar-refractivity contribution in [3.05, 3.63) is 18.2 Å². The molecule has 8 nitrogen and oxygen atoms in total. The van der Waals surface area contributed by atoms with E-state index in [1.165, 1.54) is 6.33 Å². The summed E-state index contributed by atoms with van der Waals surface area (Å²) < 4.78 is 0. The highest BCUT2D eigenvalue weighted by molar-refractivity contribution is 5.82. The number of urea groups is 1. The number of amides is 2. The number of imidazole rings is 1. The molecule has 2 atom stereocenters. The van der Waals surface area contributed by atoms with E-state index >= 15 is 0 Å². The zero-order valence-corrected chi connectivity index (χ0v) is 12.0. The number of aromatic amines is 1. The molecule has 2 heterocycles. The molecule has 116 valence electrons. The van der Waals surface area contributed by atoms with Crippen molar-refractivity contribution < 1.29 is 14.7 Å². The van der Waals surface area contributed by atoms with Gasteiger partial charge in [-0.15, -0.1) is 0 Å². The van der Waals surface area contributed by atoms with E-state index in [-0.39, 0.29) is 6.42 Å². The molecule has 1 unspecified atom stereocenters. The molecule has 1 fully saturated rings. The van der Waals surface area contributed by atoms with Crippen LogP contribution in [0.2, 0.25) is 0 Å². The molecule has 0 aliphatic carbocycles. The third kappa shape index (κ3) is 4.45. The Morgan fingerprint density at radius 2 is 2.43 bits per heavy atom. The lowest BCUT2D eigenvalue weighted by Crippen LogP contribution is -2.49. The van der Waals surface area contributed by atoms with Gasteiger partial charge in [0.25, 0.3) is 0 Å². The molecule has 2 rings (SSSR count). The van der Waals surface area contributed by atoms with E-state index in [4.69, 9.17) is 5.11 Å². The number of nitrogens with zero attached hydrogens (tertiary/aromatic N) is 2. The summed E-state index contributed by atoms with van der Waals surface area (Å²) in [4.78, 5) is 31.9. The Hall–Kier alpha value is -2.09. The van der Waals surface area contributed by atoms with E-state index in [2.05, 4.69) is 25.5 Å². The molecule has 8 heteroatoms. The number of carboxylic acid groups (broad SMARTS) is 1. The Bertz CT molecular complexity index is 476. The Morgan fingerprint density at radius 3 is 3.00 bits per heavy atom. The number of likely N-dealkylation sites (tertiary alicyclic amines) is 1. The van der Waals surface area contributed by atoms with Gasteiger partial charge in [0.05, 0.1) is 6.33 Å². The number of rotatable bonds is 6. The maximum absolute atomic E-state index is 11.8. The van der Waals surface area contributed by atoms with Gasteiger partial charge in [-0.2, -0.15) is 0 Å². The van der Waals surface area contributed by atoms with Gasteiger partial charge in [-0.05, 0) is 26.4 Å². The first-order valence-corrected chi connectivity index (χ1v) is 7.01. The number of nitrogens with one attached hydrogen (secondary N) is 3. The number of H-pyrrole nitrogens is 1. The molecule has 1 saturated heterocycles. The Kier molecular flexibility index (Phi) is 5.15. The van der Waals surface area contributed by atoms with Crippen molar-refractivity contribution in [1.82, 2.24) is 25.5 Å². The SMILES string of the molecule is CN1CCCC1CNC(=O)N[C@H](Cc1cnc[nH]1)C(=O)O. The van der Waals surface area contributed by atoms with Crippen LogP contribution in [0.5, 0.6) is 0 Å². The normalized spacial score (nSPS) is 20.1. The molecule has 1 aliphatic rings. The van der Waals surface area contributed by atoms with Crippen molar-refractivity contribution in [2.24, 2.45) is 0 Å². The van der Waals surface area contributed by atoms with Gasteiger partial charge in [0.15, 0.2) is 0 Å². The summed E-state index contributed by atoms with van der Waals surface area (Å²) in [5.41, 5.74) is 0.665. The van der Waals surface area contributed by atoms with Gasteiger partial charge in [0.1, 0.15) is 6.04 Å². The Labute approximate surface area is 122 Å². The van der Waals surface area contributed by atoms with Crippen LogP contribution in [0.1, 0.15) is 18.5 Å². The molecule has 1 aromatic rings. The highest BCUT2D eigenvalue weighted by Gasteiger charge is 2.23. The van der Waals surface area contributed by atoms with Crippen LogP contribution < -0.4 is 10.6 Å². The minimum Gasteiger partial charge on any atom is -0.480 e. The molecule has 0 radical (unpaired) electrons. The lowest BCUT2D eigenvalue weighted by Gasteiger charge is -2.20. The van der Waals surface area contributed by atoms with Gasteiger partial charge in [-0.3, -0.25) is 0 Å². The Morgan fingerprint density at radius 1 is 1.62 bits per heavy atom. The standard InChI is InChI=1S/C13H21N5O3/c1-18-4-2-3-10(18)7-15-13(21)17-11(12(19)20)5-9-6-14-8-16-9/h6,8,10-11H,2-5,7H2,1H3,(H,14,16)(H,19,20)(H2,15,17,21)/t10?,11-/m1/s1. The maximum atomic E-state index is 11.8. The van der Waals surface area contributed by atoms with Crippen LogP contribution in [-0.2, 0) is 11.2 Å². The fourth-order valence-electron chi connectivity index (χ4n) is 2.47. The third-order valence-corrected chi connectivity index (χ3v) is 3.75. The summed E-state index contributed by atoms with van der Waals surface area (Å²) in [6, 6.07) is -1.11. The van der Waals surface area contributed by atoms with Crippen molar-refractivity contribution in [3.8, 4) is 0 Å². The molecule has 2 amide bonds. The summed E-state index contributed by atoms with van der Waals surface area (Å²) in [7, 11) is 2.02. The van der Waals surface area contributed by atoms with Crippen LogP contribution in [0, 0.1) is 0 Å².